The molecule has 1 aromatic heterocycles. The molecule has 2 aromatic carbocycles. The molecular formula is C16H14ClFN2O. The molecule has 3 aromatic rings. The van der Waals surface area contributed by atoms with Crippen molar-refractivity contribution in [3.63, 3.8) is 0 Å². The first-order valence-corrected chi connectivity index (χ1v) is 7.23. The summed E-state index contributed by atoms with van der Waals surface area (Å²) in [7, 11) is 0. The predicted octanol–water partition coefficient (Wildman–Crippen LogP) is 4.30. The quantitative estimate of drug-likeness (QED) is 0.672. The molecule has 0 saturated carbocycles. The maximum atomic E-state index is 14.1. The maximum Gasteiger partial charge on any atom is 0.147 e. The average molecular weight is 305 g/mol. The van der Waals surface area contributed by atoms with Crippen LogP contribution in [0.4, 0.5) is 4.39 Å². The van der Waals surface area contributed by atoms with E-state index in [-0.39, 0.29) is 11.7 Å². The van der Waals surface area contributed by atoms with E-state index in [2.05, 4.69) is 4.98 Å². The lowest BCUT2D eigenvalue weighted by Crippen LogP contribution is -2.01. The lowest BCUT2D eigenvalue weighted by atomic mass is 10.2. The summed E-state index contributed by atoms with van der Waals surface area (Å²) in [5, 5.41) is 0. The van der Waals surface area contributed by atoms with E-state index in [1.807, 2.05) is 25.1 Å². The second-order valence-corrected chi connectivity index (χ2v) is 4.77. The van der Waals surface area contributed by atoms with Crippen LogP contribution in [0.15, 0.2) is 42.5 Å². The number of fused-ring (bicyclic) bond motifs is 1. The molecule has 1 heterocycles. The van der Waals surface area contributed by atoms with Gasteiger partial charge < -0.3 is 4.74 Å². The zero-order valence-electron chi connectivity index (χ0n) is 11.5. The van der Waals surface area contributed by atoms with E-state index >= 15 is 0 Å². The van der Waals surface area contributed by atoms with Gasteiger partial charge in [-0.25, -0.2) is 9.37 Å². The van der Waals surface area contributed by atoms with Gasteiger partial charge in [-0.1, -0.05) is 18.2 Å². The van der Waals surface area contributed by atoms with Crippen molar-refractivity contribution in [2.24, 2.45) is 0 Å². The standard InChI is InChI=1S/C16H14ClFN2O/c1-2-21-14-9-5-8-13-16(14)19-15(10-17)20(13)12-7-4-3-6-11(12)18/h3-9H,2,10H2,1H3. The van der Waals surface area contributed by atoms with E-state index in [0.29, 0.717) is 29.4 Å². The van der Waals surface area contributed by atoms with E-state index in [4.69, 9.17) is 16.3 Å². The fourth-order valence-electron chi connectivity index (χ4n) is 2.39. The maximum absolute atomic E-state index is 14.1. The largest absolute Gasteiger partial charge is 0.492 e. The van der Waals surface area contributed by atoms with Crippen LogP contribution in [0.1, 0.15) is 12.7 Å². The predicted molar refractivity (Wildman–Crippen MR) is 81.8 cm³/mol. The number of halogens is 2. The third-order valence-corrected chi connectivity index (χ3v) is 3.47. The highest BCUT2D eigenvalue weighted by Crippen LogP contribution is 2.30. The zero-order valence-corrected chi connectivity index (χ0v) is 12.3. The van der Waals surface area contributed by atoms with Crippen LogP contribution >= 0.6 is 11.6 Å². The van der Waals surface area contributed by atoms with Crippen molar-refractivity contribution in [3.05, 3.63) is 54.1 Å². The van der Waals surface area contributed by atoms with E-state index in [0.717, 1.165) is 5.52 Å². The van der Waals surface area contributed by atoms with Crippen LogP contribution in [-0.2, 0) is 5.88 Å². The summed E-state index contributed by atoms with van der Waals surface area (Å²) >= 11 is 5.99. The second-order valence-electron chi connectivity index (χ2n) is 4.51. The molecule has 0 aliphatic heterocycles. The smallest absolute Gasteiger partial charge is 0.147 e. The molecule has 0 unspecified atom stereocenters. The summed E-state index contributed by atoms with van der Waals surface area (Å²) < 4.78 is 21.4. The highest BCUT2D eigenvalue weighted by atomic mass is 35.5. The van der Waals surface area contributed by atoms with Gasteiger partial charge in [0.15, 0.2) is 0 Å². The van der Waals surface area contributed by atoms with Crippen molar-refractivity contribution in [2.45, 2.75) is 12.8 Å². The van der Waals surface area contributed by atoms with Gasteiger partial charge in [0.05, 0.1) is 23.7 Å². The topological polar surface area (TPSA) is 27.1 Å². The third kappa shape index (κ3) is 2.36. The number of hydrogen-bond donors (Lipinski definition) is 0. The molecule has 0 aliphatic carbocycles. The van der Waals surface area contributed by atoms with Gasteiger partial charge in [0.25, 0.3) is 0 Å². The minimum atomic E-state index is -0.315. The average Bonchev–Trinajstić information content (AvgIpc) is 2.88. The highest BCUT2D eigenvalue weighted by Gasteiger charge is 2.16. The lowest BCUT2D eigenvalue weighted by molar-refractivity contribution is 0.343. The highest BCUT2D eigenvalue weighted by molar-refractivity contribution is 6.17. The Morgan fingerprint density at radius 2 is 2.00 bits per heavy atom. The molecule has 0 atom stereocenters. The SMILES string of the molecule is CCOc1cccc2c1nc(CCl)n2-c1ccccc1F. The van der Waals surface area contributed by atoms with Crippen molar-refractivity contribution in [1.29, 1.82) is 0 Å². The fraction of sp³-hybridized carbons (Fsp3) is 0.188. The van der Waals surface area contributed by atoms with Crippen molar-refractivity contribution >= 4 is 22.6 Å². The second kappa shape index (κ2) is 5.74. The molecule has 5 heteroatoms. The fourth-order valence-corrected chi connectivity index (χ4v) is 2.56. The molecule has 0 radical (unpaired) electrons. The first-order chi connectivity index (χ1) is 10.3. The number of para-hydroxylation sites is 2. The van der Waals surface area contributed by atoms with Gasteiger partial charge in [-0.15, -0.1) is 11.6 Å². The molecule has 0 bridgehead atoms. The molecule has 21 heavy (non-hydrogen) atoms. The Bertz CT molecular complexity index is 785. The Hall–Kier alpha value is -2.07. The van der Waals surface area contributed by atoms with Gasteiger partial charge in [0.1, 0.15) is 22.9 Å². The number of rotatable bonds is 4. The first kappa shape index (κ1) is 13.9. The number of alkyl halides is 1. The minimum Gasteiger partial charge on any atom is -0.492 e. The van der Waals surface area contributed by atoms with Crippen LogP contribution in [-0.4, -0.2) is 16.2 Å². The summed E-state index contributed by atoms with van der Waals surface area (Å²) in [6.07, 6.45) is 0. The van der Waals surface area contributed by atoms with E-state index in [1.54, 1.807) is 22.8 Å². The van der Waals surface area contributed by atoms with Crippen molar-refractivity contribution in [2.75, 3.05) is 6.61 Å². The Morgan fingerprint density at radius 1 is 1.19 bits per heavy atom. The van der Waals surface area contributed by atoms with Gasteiger partial charge in [0, 0.05) is 0 Å². The molecule has 0 fully saturated rings. The molecule has 0 saturated heterocycles. The zero-order chi connectivity index (χ0) is 14.8. The molecule has 3 rings (SSSR count). The molecule has 108 valence electrons. The Labute approximate surface area is 126 Å². The number of ether oxygens (including phenoxy) is 1. The summed E-state index contributed by atoms with van der Waals surface area (Å²) in [6, 6.07) is 12.2. The number of imidazole rings is 1. The molecule has 0 N–H and O–H groups in total. The third-order valence-electron chi connectivity index (χ3n) is 3.23. The van der Waals surface area contributed by atoms with E-state index in [1.165, 1.54) is 6.07 Å². The normalized spacial score (nSPS) is 11.0. The lowest BCUT2D eigenvalue weighted by Gasteiger charge is -2.09. The molecular weight excluding hydrogens is 291 g/mol. The van der Waals surface area contributed by atoms with Gasteiger partial charge in [0.2, 0.25) is 0 Å². The van der Waals surface area contributed by atoms with Gasteiger partial charge >= 0.3 is 0 Å². The van der Waals surface area contributed by atoms with E-state index in [9.17, 15) is 4.39 Å². The van der Waals surface area contributed by atoms with Crippen LogP contribution in [0.25, 0.3) is 16.7 Å². The number of benzene rings is 2. The summed E-state index contributed by atoms with van der Waals surface area (Å²) in [6.45, 7) is 2.46. The Kier molecular flexibility index (Phi) is 3.80. The van der Waals surface area contributed by atoms with Crippen LogP contribution < -0.4 is 4.74 Å². The van der Waals surface area contributed by atoms with Crippen LogP contribution in [0.5, 0.6) is 5.75 Å². The summed E-state index contributed by atoms with van der Waals surface area (Å²) in [5.41, 5.74) is 1.91. The van der Waals surface area contributed by atoms with Crippen LogP contribution in [0.2, 0.25) is 0 Å². The number of aromatic nitrogens is 2. The van der Waals surface area contributed by atoms with Gasteiger partial charge in [-0.05, 0) is 31.2 Å². The van der Waals surface area contributed by atoms with Crippen LogP contribution in [0, 0.1) is 5.82 Å². The Balaban J connectivity index is 2.32. The summed E-state index contributed by atoms with van der Waals surface area (Å²) in [4.78, 5) is 4.51. The minimum absolute atomic E-state index is 0.189. The molecule has 0 spiro atoms. The van der Waals surface area contributed by atoms with Crippen molar-refractivity contribution < 1.29 is 9.13 Å². The van der Waals surface area contributed by atoms with Crippen molar-refractivity contribution in [3.8, 4) is 11.4 Å². The van der Waals surface area contributed by atoms with Crippen LogP contribution in [0.3, 0.4) is 0 Å². The Morgan fingerprint density at radius 3 is 2.71 bits per heavy atom. The number of nitrogens with zero attached hydrogens (tertiary/aromatic N) is 2. The molecule has 0 amide bonds. The van der Waals surface area contributed by atoms with Gasteiger partial charge in [-0.2, -0.15) is 0 Å². The number of hydrogen-bond acceptors (Lipinski definition) is 2. The van der Waals surface area contributed by atoms with Gasteiger partial charge in [-0.3, -0.25) is 4.57 Å². The van der Waals surface area contributed by atoms with Crippen molar-refractivity contribution in [1.82, 2.24) is 9.55 Å². The molecule has 3 nitrogen and oxygen atoms in total. The van der Waals surface area contributed by atoms with E-state index < -0.39 is 0 Å². The first-order valence-electron chi connectivity index (χ1n) is 6.70. The molecule has 0 aliphatic rings. The summed E-state index contributed by atoms with van der Waals surface area (Å²) in [5.74, 6) is 1.14. The monoisotopic (exact) mass is 304 g/mol.